The van der Waals surface area contributed by atoms with Gasteiger partial charge in [0.05, 0.1) is 5.69 Å². The molecule has 0 aliphatic carbocycles. The molecule has 0 fully saturated rings. The first kappa shape index (κ1) is 19.2. The molecule has 2 aromatic rings. The minimum absolute atomic E-state index is 0.0974. The molecule has 0 aliphatic heterocycles. The summed E-state index contributed by atoms with van der Waals surface area (Å²) in [5.74, 6) is -2.05. The fourth-order valence-electron chi connectivity index (χ4n) is 2.12. The third-order valence-electron chi connectivity index (χ3n) is 3.20. The van der Waals surface area contributed by atoms with Gasteiger partial charge < -0.3 is 15.2 Å². The summed E-state index contributed by atoms with van der Waals surface area (Å²) >= 11 is 0. The van der Waals surface area contributed by atoms with Crippen LogP contribution in [-0.2, 0) is 22.3 Å². The van der Waals surface area contributed by atoms with Gasteiger partial charge in [0.15, 0.2) is 0 Å². The van der Waals surface area contributed by atoms with Gasteiger partial charge in [-0.1, -0.05) is 0 Å². The van der Waals surface area contributed by atoms with Gasteiger partial charge in [0.1, 0.15) is 17.9 Å². The summed E-state index contributed by atoms with van der Waals surface area (Å²) in [4.78, 5) is 34.8. The van der Waals surface area contributed by atoms with Crippen molar-refractivity contribution < 1.29 is 27.2 Å². The van der Waals surface area contributed by atoms with Crippen LogP contribution >= 0.6 is 0 Å². The fourth-order valence-corrected chi connectivity index (χ4v) is 2.12. The Kier molecular flexibility index (Phi) is 5.44. The number of rotatable bonds is 4. The monoisotopic (exact) mass is 371 g/mol. The van der Waals surface area contributed by atoms with Gasteiger partial charge in [-0.15, -0.1) is 0 Å². The maximum absolute atomic E-state index is 13.5. The standard InChI is InChI=1S/C16H13F4N3O3/c1-9(24)21-13-7-10(4-5-12(13)17)22-14(25)8-23-6-2-3-11(15(23)26)16(18,19)20/h2-7H,8H2,1H3,(H,21,24)(H,22,25). The number of hydrogen-bond donors (Lipinski definition) is 2. The van der Waals surface area contributed by atoms with Crippen LogP contribution in [0.3, 0.4) is 0 Å². The molecule has 2 amide bonds. The lowest BCUT2D eigenvalue weighted by molar-refractivity contribution is -0.139. The number of halogens is 4. The van der Waals surface area contributed by atoms with Crippen LogP contribution < -0.4 is 16.2 Å². The maximum Gasteiger partial charge on any atom is 0.421 e. The van der Waals surface area contributed by atoms with E-state index in [0.717, 1.165) is 24.4 Å². The van der Waals surface area contributed by atoms with Crippen molar-refractivity contribution in [3.8, 4) is 0 Å². The van der Waals surface area contributed by atoms with E-state index < -0.39 is 41.5 Å². The van der Waals surface area contributed by atoms with Crippen molar-refractivity contribution in [3.63, 3.8) is 0 Å². The van der Waals surface area contributed by atoms with E-state index in [1.165, 1.54) is 13.0 Å². The molecule has 0 saturated heterocycles. The Labute approximate surface area is 144 Å². The first-order valence-electron chi connectivity index (χ1n) is 7.21. The van der Waals surface area contributed by atoms with Gasteiger partial charge in [0, 0.05) is 18.8 Å². The van der Waals surface area contributed by atoms with Crippen LogP contribution in [0.5, 0.6) is 0 Å². The number of anilines is 2. The first-order valence-corrected chi connectivity index (χ1v) is 7.21. The van der Waals surface area contributed by atoms with Crippen LogP contribution in [0.4, 0.5) is 28.9 Å². The van der Waals surface area contributed by atoms with E-state index in [0.29, 0.717) is 10.6 Å². The van der Waals surface area contributed by atoms with Crippen molar-refractivity contribution in [1.82, 2.24) is 4.57 Å². The summed E-state index contributed by atoms with van der Waals surface area (Å²) in [7, 11) is 0. The Morgan fingerprint density at radius 1 is 1.15 bits per heavy atom. The smallest absolute Gasteiger partial charge is 0.324 e. The Bertz CT molecular complexity index is 906. The summed E-state index contributed by atoms with van der Waals surface area (Å²) < 4.78 is 52.3. The predicted octanol–water partition coefficient (Wildman–Crippen LogP) is 2.60. The number of benzene rings is 1. The molecule has 0 bridgehead atoms. The van der Waals surface area contributed by atoms with Gasteiger partial charge in [-0.2, -0.15) is 13.2 Å². The van der Waals surface area contributed by atoms with Crippen LogP contribution in [0.25, 0.3) is 0 Å². The molecule has 0 radical (unpaired) electrons. The molecule has 10 heteroatoms. The van der Waals surface area contributed by atoms with Crippen molar-refractivity contribution in [1.29, 1.82) is 0 Å². The predicted molar refractivity (Wildman–Crippen MR) is 85.0 cm³/mol. The highest BCUT2D eigenvalue weighted by Gasteiger charge is 2.34. The van der Waals surface area contributed by atoms with E-state index in [-0.39, 0.29) is 11.4 Å². The summed E-state index contributed by atoms with van der Waals surface area (Å²) in [5.41, 5.74) is -2.82. The van der Waals surface area contributed by atoms with E-state index >= 15 is 0 Å². The molecule has 0 atom stereocenters. The van der Waals surface area contributed by atoms with Crippen LogP contribution in [-0.4, -0.2) is 16.4 Å². The molecule has 1 aromatic heterocycles. The number of hydrogen-bond acceptors (Lipinski definition) is 3. The Morgan fingerprint density at radius 2 is 1.85 bits per heavy atom. The van der Waals surface area contributed by atoms with Crippen LogP contribution in [0.1, 0.15) is 12.5 Å². The van der Waals surface area contributed by atoms with Crippen molar-refractivity contribution >= 4 is 23.2 Å². The van der Waals surface area contributed by atoms with E-state index in [9.17, 15) is 31.9 Å². The van der Waals surface area contributed by atoms with E-state index in [2.05, 4.69) is 10.6 Å². The molecule has 0 aliphatic rings. The van der Waals surface area contributed by atoms with Gasteiger partial charge >= 0.3 is 6.18 Å². The molecule has 0 spiro atoms. The molecule has 1 heterocycles. The summed E-state index contributed by atoms with van der Waals surface area (Å²) in [5, 5.41) is 4.54. The second kappa shape index (κ2) is 7.38. The fraction of sp³-hybridized carbons (Fsp3) is 0.188. The number of nitrogens with one attached hydrogen (secondary N) is 2. The van der Waals surface area contributed by atoms with Gasteiger partial charge in [-0.05, 0) is 30.3 Å². The van der Waals surface area contributed by atoms with Crippen LogP contribution in [0.15, 0.2) is 41.3 Å². The average molecular weight is 371 g/mol. The number of aromatic nitrogens is 1. The third-order valence-corrected chi connectivity index (χ3v) is 3.20. The molecule has 2 rings (SSSR count). The quantitative estimate of drug-likeness (QED) is 0.811. The SMILES string of the molecule is CC(=O)Nc1cc(NC(=O)Cn2cccc(C(F)(F)F)c2=O)ccc1F. The second-order valence-electron chi connectivity index (χ2n) is 5.28. The Morgan fingerprint density at radius 3 is 2.46 bits per heavy atom. The highest BCUT2D eigenvalue weighted by molar-refractivity contribution is 5.93. The van der Waals surface area contributed by atoms with Gasteiger partial charge in [0.25, 0.3) is 5.56 Å². The highest BCUT2D eigenvalue weighted by Crippen LogP contribution is 2.26. The summed E-state index contributed by atoms with van der Waals surface area (Å²) in [6, 6.07) is 4.97. The average Bonchev–Trinajstić information content (AvgIpc) is 2.51. The topological polar surface area (TPSA) is 80.2 Å². The molecule has 0 saturated carbocycles. The van der Waals surface area contributed by atoms with Crippen LogP contribution in [0.2, 0.25) is 0 Å². The van der Waals surface area contributed by atoms with Gasteiger partial charge in [0.2, 0.25) is 11.8 Å². The number of carbonyl (C=O) groups excluding carboxylic acids is 2. The van der Waals surface area contributed by atoms with E-state index in [1.54, 1.807) is 0 Å². The third kappa shape index (κ3) is 4.68. The zero-order valence-electron chi connectivity index (χ0n) is 13.4. The molecule has 6 nitrogen and oxygen atoms in total. The lowest BCUT2D eigenvalue weighted by Crippen LogP contribution is -2.31. The largest absolute Gasteiger partial charge is 0.421 e. The van der Waals surface area contributed by atoms with Gasteiger partial charge in [-0.3, -0.25) is 14.4 Å². The number of alkyl halides is 3. The highest BCUT2D eigenvalue weighted by atomic mass is 19.4. The summed E-state index contributed by atoms with van der Waals surface area (Å²) in [6.07, 6.45) is -3.79. The van der Waals surface area contributed by atoms with Crippen molar-refractivity contribution in [2.45, 2.75) is 19.6 Å². The minimum Gasteiger partial charge on any atom is -0.324 e. The maximum atomic E-state index is 13.5. The van der Waals surface area contributed by atoms with Crippen molar-refractivity contribution in [2.75, 3.05) is 10.6 Å². The lowest BCUT2D eigenvalue weighted by atomic mass is 10.2. The molecule has 138 valence electrons. The molecule has 2 N–H and O–H groups in total. The second-order valence-corrected chi connectivity index (χ2v) is 5.28. The molecule has 1 aromatic carbocycles. The van der Waals surface area contributed by atoms with Crippen molar-refractivity contribution in [2.24, 2.45) is 0 Å². The van der Waals surface area contributed by atoms with Crippen LogP contribution in [0, 0.1) is 5.82 Å². The first-order chi connectivity index (χ1) is 12.1. The molecular weight excluding hydrogens is 358 g/mol. The summed E-state index contributed by atoms with van der Waals surface area (Å²) in [6.45, 7) is 0.500. The Balaban J connectivity index is 2.18. The normalized spacial score (nSPS) is 11.1. The number of carbonyl (C=O) groups is 2. The van der Waals surface area contributed by atoms with Crippen molar-refractivity contribution in [3.05, 3.63) is 58.3 Å². The molecule has 26 heavy (non-hydrogen) atoms. The minimum atomic E-state index is -4.83. The lowest BCUT2D eigenvalue weighted by Gasteiger charge is -2.11. The van der Waals surface area contributed by atoms with E-state index in [4.69, 9.17) is 0 Å². The van der Waals surface area contributed by atoms with Gasteiger partial charge in [-0.25, -0.2) is 4.39 Å². The number of pyridine rings is 1. The number of amides is 2. The van der Waals surface area contributed by atoms with E-state index in [1.807, 2.05) is 0 Å². The molecular formula is C16H13F4N3O3. The zero-order valence-corrected chi connectivity index (χ0v) is 13.4. The number of nitrogens with zero attached hydrogens (tertiary/aromatic N) is 1. The zero-order chi connectivity index (χ0) is 19.5. The Hall–Kier alpha value is -3.17. The molecule has 0 unspecified atom stereocenters.